The smallest absolute Gasteiger partial charge is 0.293 e. The molecule has 140 valence electrons. The molecule has 5 nitrogen and oxygen atoms in total. The standard InChI is InChI=1S/C19H17ClN2O3S2/c1-11-9-15(12(2)26-11)17(23)21-7-8-22-18(24)16(27-19(22)25)10-13-3-5-14(20)6-4-13/h3-6,9-10H,7-8H2,1-2H3,(H,21,23)/b16-10+. The number of rotatable bonds is 5. The highest BCUT2D eigenvalue weighted by atomic mass is 35.5. The van der Waals surface area contributed by atoms with E-state index in [4.69, 9.17) is 11.6 Å². The first-order valence-electron chi connectivity index (χ1n) is 8.21. The highest BCUT2D eigenvalue weighted by Crippen LogP contribution is 2.32. The minimum absolute atomic E-state index is 0.135. The number of thiophene rings is 1. The zero-order valence-corrected chi connectivity index (χ0v) is 17.1. The Balaban J connectivity index is 1.60. The molecule has 0 unspecified atom stereocenters. The minimum Gasteiger partial charge on any atom is -0.350 e. The molecule has 1 aliphatic rings. The molecule has 0 spiro atoms. The number of halogens is 1. The van der Waals surface area contributed by atoms with Gasteiger partial charge in [0.1, 0.15) is 0 Å². The average molecular weight is 421 g/mol. The van der Waals surface area contributed by atoms with Crippen molar-refractivity contribution in [2.24, 2.45) is 0 Å². The molecule has 2 heterocycles. The predicted molar refractivity (Wildman–Crippen MR) is 110 cm³/mol. The van der Waals surface area contributed by atoms with E-state index in [1.807, 2.05) is 19.9 Å². The molecule has 0 bridgehead atoms. The number of nitrogens with zero attached hydrogens (tertiary/aromatic N) is 1. The largest absolute Gasteiger partial charge is 0.350 e. The molecule has 1 aromatic carbocycles. The molecule has 8 heteroatoms. The third kappa shape index (κ3) is 4.61. The molecule has 1 aliphatic heterocycles. The number of hydrogen-bond acceptors (Lipinski definition) is 5. The van der Waals surface area contributed by atoms with E-state index in [0.29, 0.717) is 15.5 Å². The molecular weight excluding hydrogens is 404 g/mol. The van der Waals surface area contributed by atoms with E-state index < -0.39 is 0 Å². The lowest BCUT2D eigenvalue weighted by atomic mass is 10.2. The summed E-state index contributed by atoms with van der Waals surface area (Å²) in [7, 11) is 0. The molecule has 1 aromatic heterocycles. The summed E-state index contributed by atoms with van der Waals surface area (Å²) in [5.41, 5.74) is 1.43. The SMILES string of the molecule is Cc1cc(C(=O)NCCN2C(=O)S/C(=C/c3ccc(Cl)cc3)C2=O)c(C)s1. The fourth-order valence-electron chi connectivity index (χ4n) is 2.64. The van der Waals surface area contributed by atoms with Crippen molar-refractivity contribution in [1.82, 2.24) is 10.2 Å². The molecule has 3 amide bonds. The van der Waals surface area contributed by atoms with Crippen LogP contribution < -0.4 is 5.32 Å². The highest BCUT2D eigenvalue weighted by Gasteiger charge is 2.34. The maximum Gasteiger partial charge on any atom is 0.293 e. The molecule has 0 radical (unpaired) electrons. The van der Waals surface area contributed by atoms with Gasteiger partial charge < -0.3 is 5.32 Å². The third-order valence-corrected chi connectivity index (χ3v) is 6.07. The number of amides is 3. The molecule has 2 aromatic rings. The zero-order chi connectivity index (χ0) is 19.6. The quantitative estimate of drug-likeness (QED) is 0.724. The number of carbonyl (C=O) groups is 3. The summed E-state index contributed by atoms with van der Waals surface area (Å²) >= 11 is 8.31. The van der Waals surface area contributed by atoms with Crippen LogP contribution in [0.2, 0.25) is 5.02 Å². The molecule has 27 heavy (non-hydrogen) atoms. The van der Waals surface area contributed by atoms with E-state index in [2.05, 4.69) is 5.32 Å². The third-order valence-electron chi connectivity index (χ3n) is 3.95. The Morgan fingerprint density at radius 2 is 1.93 bits per heavy atom. The molecule has 0 aliphatic carbocycles. The second-order valence-corrected chi connectivity index (χ2v) is 8.86. The summed E-state index contributed by atoms with van der Waals surface area (Å²) in [4.78, 5) is 40.4. The van der Waals surface area contributed by atoms with Gasteiger partial charge in [0.25, 0.3) is 17.1 Å². The summed E-state index contributed by atoms with van der Waals surface area (Å²) in [6, 6.07) is 8.84. The van der Waals surface area contributed by atoms with Gasteiger partial charge in [0.05, 0.1) is 10.5 Å². The molecular formula is C19H17ClN2O3S2. The predicted octanol–water partition coefficient (Wildman–Crippen LogP) is 4.48. The van der Waals surface area contributed by atoms with Crippen molar-refractivity contribution in [3.63, 3.8) is 0 Å². The first-order valence-corrected chi connectivity index (χ1v) is 10.2. The van der Waals surface area contributed by atoms with Gasteiger partial charge in [0.15, 0.2) is 0 Å². The lowest BCUT2D eigenvalue weighted by Crippen LogP contribution is -2.37. The van der Waals surface area contributed by atoms with Crippen molar-refractivity contribution >= 4 is 57.8 Å². The fraction of sp³-hybridized carbons (Fsp3) is 0.211. The summed E-state index contributed by atoms with van der Waals surface area (Å²) in [6.45, 7) is 4.18. The van der Waals surface area contributed by atoms with E-state index in [1.54, 1.807) is 41.7 Å². The van der Waals surface area contributed by atoms with Gasteiger partial charge in [0.2, 0.25) is 0 Å². The van der Waals surface area contributed by atoms with E-state index in [1.165, 1.54) is 0 Å². The van der Waals surface area contributed by atoms with Crippen molar-refractivity contribution in [2.45, 2.75) is 13.8 Å². The van der Waals surface area contributed by atoms with Crippen LogP contribution in [0.25, 0.3) is 6.08 Å². The summed E-state index contributed by atoms with van der Waals surface area (Å²) in [5, 5.41) is 3.04. The lowest BCUT2D eigenvalue weighted by Gasteiger charge is -2.12. The van der Waals surface area contributed by atoms with Crippen molar-refractivity contribution in [2.75, 3.05) is 13.1 Å². The Bertz CT molecular complexity index is 935. The average Bonchev–Trinajstić information content (AvgIpc) is 3.09. The van der Waals surface area contributed by atoms with Crippen molar-refractivity contribution < 1.29 is 14.4 Å². The normalized spacial score (nSPS) is 15.7. The molecule has 1 fully saturated rings. The van der Waals surface area contributed by atoms with Gasteiger partial charge in [-0.25, -0.2) is 0 Å². The lowest BCUT2D eigenvalue weighted by molar-refractivity contribution is -0.122. The summed E-state index contributed by atoms with van der Waals surface area (Å²) < 4.78 is 0. The number of imide groups is 1. The topological polar surface area (TPSA) is 66.5 Å². The van der Waals surface area contributed by atoms with E-state index in [0.717, 1.165) is 32.0 Å². The second-order valence-electron chi connectivity index (χ2n) is 5.97. The Hall–Kier alpha value is -2.09. The van der Waals surface area contributed by atoms with Gasteiger partial charge in [-0.3, -0.25) is 19.3 Å². The van der Waals surface area contributed by atoms with Gasteiger partial charge in [-0.05, 0) is 55.4 Å². The van der Waals surface area contributed by atoms with Crippen LogP contribution in [0.4, 0.5) is 4.79 Å². The van der Waals surface area contributed by atoms with Crippen molar-refractivity contribution in [3.8, 4) is 0 Å². The van der Waals surface area contributed by atoms with Crippen molar-refractivity contribution in [3.05, 3.63) is 61.1 Å². The molecule has 3 rings (SSSR count). The van der Waals surface area contributed by atoms with Crippen LogP contribution in [0.1, 0.15) is 25.7 Å². The number of benzene rings is 1. The van der Waals surface area contributed by atoms with Crippen molar-refractivity contribution in [1.29, 1.82) is 0 Å². The van der Waals surface area contributed by atoms with Crippen LogP contribution >= 0.6 is 34.7 Å². The summed E-state index contributed by atoms with van der Waals surface area (Å²) in [6.07, 6.45) is 1.66. The van der Waals surface area contributed by atoms with E-state index >= 15 is 0 Å². The van der Waals surface area contributed by atoms with Gasteiger partial charge >= 0.3 is 0 Å². The van der Waals surface area contributed by atoms with Crippen LogP contribution in [0, 0.1) is 13.8 Å². The number of thioether (sulfide) groups is 1. The Labute approximate surface area is 170 Å². The second kappa shape index (κ2) is 8.29. The highest BCUT2D eigenvalue weighted by molar-refractivity contribution is 8.18. The summed E-state index contributed by atoms with van der Waals surface area (Å²) in [5.74, 6) is -0.544. The molecule has 0 atom stereocenters. The number of nitrogens with one attached hydrogen (secondary N) is 1. The van der Waals surface area contributed by atoms with Gasteiger partial charge in [-0.15, -0.1) is 11.3 Å². The van der Waals surface area contributed by atoms with Crippen LogP contribution in [-0.2, 0) is 4.79 Å². The number of hydrogen-bond donors (Lipinski definition) is 1. The minimum atomic E-state index is -0.350. The molecule has 1 saturated heterocycles. The Morgan fingerprint density at radius 1 is 1.22 bits per heavy atom. The number of aryl methyl sites for hydroxylation is 2. The van der Waals surface area contributed by atoms with Gasteiger partial charge in [-0.2, -0.15) is 0 Å². The van der Waals surface area contributed by atoms with Gasteiger partial charge in [0, 0.05) is 27.9 Å². The fourth-order valence-corrected chi connectivity index (χ4v) is 4.55. The van der Waals surface area contributed by atoms with Gasteiger partial charge in [-0.1, -0.05) is 23.7 Å². The monoisotopic (exact) mass is 420 g/mol. The van der Waals surface area contributed by atoms with Crippen LogP contribution in [0.15, 0.2) is 35.2 Å². The molecule has 1 N–H and O–H groups in total. The first-order chi connectivity index (χ1) is 12.8. The van der Waals surface area contributed by atoms with E-state index in [-0.39, 0.29) is 30.1 Å². The Kier molecular flexibility index (Phi) is 6.04. The zero-order valence-electron chi connectivity index (χ0n) is 14.7. The van der Waals surface area contributed by atoms with Crippen LogP contribution in [-0.4, -0.2) is 35.0 Å². The maximum atomic E-state index is 12.5. The Morgan fingerprint density at radius 3 is 2.56 bits per heavy atom. The van der Waals surface area contributed by atoms with E-state index in [9.17, 15) is 14.4 Å². The maximum absolute atomic E-state index is 12.5. The van der Waals surface area contributed by atoms with Crippen LogP contribution in [0.5, 0.6) is 0 Å². The van der Waals surface area contributed by atoms with Crippen LogP contribution in [0.3, 0.4) is 0 Å². The molecule has 0 saturated carbocycles. The number of carbonyl (C=O) groups excluding carboxylic acids is 3. The first kappa shape index (κ1) is 19.7.